The highest BCUT2D eigenvalue weighted by atomic mass is 32.1. The van der Waals surface area contributed by atoms with Gasteiger partial charge in [0.05, 0.1) is 16.6 Å². The van der Waals surface area contributed by atoms with Crippen LogP contribution in [0.3, 0.4) is 0 Å². The van der Waals surface area contributed by atoms with Crippen LogP contribution in [-0.2, 0) is 4.79 Å². The average molecular weight is 465 g/mol. The molecule has 1 heterocycles. The SMILES string of the molecule is Cc1cccc(-n2c(=S)[nH]c3cc(C(=O)NCCNC(=O)C4CCCC4)ccc3c2=O)c1C. The molecule has 8 heteroatoms. The van der Waals surface area contributed by atoms with Gasteiger partial charge in [0, 0.05) is 24.6 Å². The van der Waals surface area contributed by atoms with Gasteiger partial charge in [-0.2, -0.15) is 0 Å². The number of benzene rings is 2. The van der Waals surface area contributed by atoms with E-state index in [4.69, 9.17) is 12.2 Å². The Hall–Kier alpha value is -3.26. The number of nitrogens with one attached hydrogen (secondary N) is 3. The second-order valence-electron chi connectivity index (χ2n) is 8.58. The number of nitrogens with zero attached hydrogens (tertiary/aromatic N) is 1. The highest BCUT2D eigenvalue weighted by Crippen LogP contribution is 2.24. The molecule has 1 saturated carbocycles. The van der Waals surface area contributed by atoms with Crippen LogP contribution in [0.2, 0.25) is 0 Å². The molecule has 1 fully saturated rings. The largest absolute Gasteiger partial charge is 0.354 e. The molecule has 0 saturated heterocycles. The zero-order valence-electron chi connectivity index (χ0n) is 18.9. The lowest BCUT2D eigenvalue weighted by Crippen LogP contribution is -2.37. The van der Waals surface area contributed by atoms with Crippen LogP contribution in [0.25, 0.3) is 16.6 Å². The minimum atomic E-state index is -0.273. The van der Waals surface area contributed by atoms with E-state index in [0.29, 0.717) is 29.6 Å². The second-order valence-corrected chi connectivity index (χ2v) is 8.97. The molecule has 172 valence electrons. The van der Waals surface area contributed by atoms with E-state index in [9.17, 15) is 14.4 Å². The number of aromatic amines is 1. The molecular weight excluding hydrogens is 436 g/mol. The Morgan fingerprint density at radius 3 is 2.58 bits per heavy atom. The predicted molar refractivity (Wildman–Crippen MR) is 132 cm³/mol. The Morgan fingerprint density at radius 2 is 1.82 bits per heavy atom. The van der Waals surface area contributed by atoms with Gasteiger partial charge in [-0.1, -0.05) is 25.0 Å². The van der Waals surface area contributed by atoms with Gasteiger partial charge in [0.15, 0.2) is 4.77 Å². The van der Waals surface area contributed by atoms with Crippen molar-refractivity contribution < 1.29 is 9.59 Å². The van der Waals surface area contributed by atoms with Crippen LogP contribution in [0.5, 0.6) is 0 Å². The summed E-state index contributed by atoms with van der Waals surface area (Å²) in [5, 5.41) is 6.15. The number of carbonyl (C=O) groups is 2. The lowest BCUT2D eigenvalue weighted by atomic mass is 10.1. The van der Waals surface area contributed by atoms with Gasteiger partial charge >= 0.3 is 0 Å². The summed E-state index contributed by atoms with van der Waals surface area (Å²) in [6.07, 6.45) is 4.11. The smallest absolute Gasteiger partial charge is 0.266 e. The number of aryl methyl sites for hydroxylation is 1. The predicted octanol–water partition coefficient (Wildman–Crippen LogP) is 3.70. The molecule has 4 rings (SSSR count). The molecule has 7 nitrogen and oxygen atoms in total. The second kappa shape index (κ2) is 9.70. The van der Waals surface area contributed by atoms with Crippen LogP contribution in [0.1, 0.15) is 47.2 Å². The summed E-state index contributed by atoms with van der Waals surface area (Å²) < 4.78 is 1.76. The van der Waals surface area contributed by atoms with E-state index >= 15 is 0 Å². The number of rotatable bonds is 6. The maximum atomic E-state index is 13.2. The van der Waals surface area contributed by atoms with Crippen LogP contribution in [0.15, 0.2) is 41.2 Å². The molecule has 1 aromatic heterocycles. The van der Waals surface area contributed by atoms with Gasteiger partial charge in [-0.05, 0) is 74.3 Å². The third-order valence-electron chi connectivity index (χ3n) is 6.41. The summed E-state index contributed by atoms with van der Waals surface area (Å²) in [5.74, 6) is -0.0952. The van der Waals surface area contributed by atoms with E-state index in [1.54, 1.807) is 18.2 Å². The van der Waals surface area contributed by atoms with Crippen molar-refractivity contribution in [3.05, 3.63) is 68.2 Å². The van der Waals surface area contributed by atoms with E-state index in [1.807, 2.05) is 32.0 Å². The monoisotopic (exact) mass is 464 g/mol. The first-order valence-corrected chi connectivity index (χ1v) is 11.7. The molecule has 0 atom stereocenters. The summed E-state index contributed by atoms with van der Waals surface area (Å²) in [6, 6.07) is 10.6. The van der Waals surface area contributed by atoms with Gasteiger partial charge in [0.25, 0.3) is 11.5 Å². The molecule has 1 aliphatic carbocycles. The van der Waals surface area contributed by atoms with Crippen LogP contribution >= 0.6 is 12.2 Å². The number of hydrogen-bond donors (Lipinski definition) is 3. The quantitative estimate of drug-likeness (QED) is 0.383. The minimum Gasteiger partial charge on any atom is -0.354 e. The van der Waals surface area contributed by atoms with Crippen LogP contribution in [0, 0.1) is 24.5 Å². The molecular formula is C25H28N4O3S. The summed E-state index contributed by atoms with van der Waals surface area (Å²) >= 11 is 5.48. The number of aromatic nitrogens is 2. The van der Waals surface area contributed by atoms with Gasteiger partial charge in [0.1, 0.15) is 0 Å². The number of carbonyl (C=O) groups excluding carboxylic acids is 2. The molecule has 2 amide bonds. The van der Waals surface area contributed by atoms with E-state index in [-0.39, 0.29) is 28.1 Å². The topological polar surface area (TPSA) is 96.0 Å². The lowest BCUT2D eigenvalue weighted by Gasteiger charge is -2.13. The van der Waals surface area contributed by atoms with E-state index in [1.165, 1.54) is 4.57 Å². The zero-order valence-corrected chi connectivity index (χ0v) is 19.7. The summed E-state index contributed by atoms with van der Waals surface area (Å²) in [4.78, 5) is 41.0. The maximum absolute atomic E-state index is 13.2. The van der Waals surface area contributed by atoms with Crippen LogP contribution in [-0.4, -0.2) is 34.5 Å². The zero-order chi connectivity index (χ0) is 23.5. The maximum Gasteiger partial charge on any atom is 0.266 e. The van der Waals surface area contributed by atoms with Crippen molar-refractivity contribution in [2.24, 2.45) is 5.92 Å². The Bertz CT molecular complexity index is 1340. The van der Waals surface area contributed by atoms with Gasteiger partial charge in [-0.3, -0.25) is 19.0 Å². The molecule has 1 aliphatic rings. The number of amides is 2. The third kappa shape index (κ3) is 4.75. The molecule has 0 unspecified atom stereocenters. The van der Waals surface area contributed by atoms with Crippen molar-refractivity contribution in [3.63, 3.8) is 0 Å². The number of fused-ring (bicyclic) bond motifs is 1. The molecule has 2 aromatic carbocycles. The van der Waals surface area contributed by atoms with Crippen LogP contribution in [0.4, 0.5) is 0 Å². The molecule has 3 N–H and O–H groups in total. The first-order chi connectivity index (χ1) is 15.9. The summed E-state index contributed by atoms with van der Waals surface area (Å²) in [5.41, 5.74) is 3.48. The molecule has 0 bridgehead atoms. The normalized spacial score (nSPS) is 13.9. The highest BCUT2D eigenvalue weighted by Gasteiger charge is 2.22. The van der Waals surface area contributed by atoms with E-state index < -0.39 is 0 Å². The van der Waals surface area contributed by atoms with Crippen molar-refractivity contribution in [2.75, 3.05) is 13.1 Å². The van der Waals surface area contributed by atoms with Gasteiger partial charge in [-0.15, -0.1) is 0 Å². The summed E-state index contributed by atoms with van der Waals surface area (Å²) in [6.45, 7) is 4.67. The Morgan fingerprint density at radius 1 is 1.09 bits per heavy atom. The Balaban J connectivity index is 1.49. The highest BCUT2D eigenvalue weighted by molar-refractivity contribution is 7.71. The fourth-order valence-corrected chi connectivity index (χ4v) is 4.64. The van der Waals surface area contributed by atoms with E-state index in [2.05, 4.69) is 15.6 Å². The van der Waals surface area contributed by atoms with Crippen molar-refractivity contribution in [1.29, 1.82) is 0 Å². The number of H-pyrrole nitrogens is 1. The van der Waals surface area contributed by atoms with Gasteiger partial charge in [0.2, 0.25) is 5.91 Å². The van der Waals surface area contributed by atoms with Crippen LogP contribution < -0.4 is 16.2 Å². The fourth-order valence-electron chi connectivity index (χ4n) is 4.35. The molecule has 0 aliphatic heterocycles. The standard InChI is InChI=1S/C25H28N4O3S/c1-15-6-5-9-21(16(15)2)29-24(32)19-11-10-18(14-20(19)28-25(29)33)23(31)27-13-12-26-22(30)17-7-3-4-8-17/h5-6,9-11,14,17H,3-4,7-8,12-13H2,1-2H3,(H,26,30)(H,27,31)(H,28,33). The molecule has 0 spiro atoms. The van der Waals surface area contributed by atoms with Crippen molar-refractivity contribution >= 4 is 34.9 Å². The third-order valence-corrected chi connectivity index (χ3v) is 6.70. The van der Waals surface area contributed by atoms with E-state index in [0.717, 1.165) is 42.5 Å². The van der Waals surface area contributed by atoms with Crippen molar-refractivity contribution in [1.82, 2.24) is 20.2 Å². The lowest BCUT2D eigenvalue weighted by molar-refractivity contribution is -0.124. The molecule has 3 aromatic rings. The number of hydrogen-bond acceptors (Lipinski definition) is 4. The molecule has 0 radical (unpaired) electrons. The van der Waals surface area contributed by atoms with Crippen molar-refractivity contribution in [2.45, 2.75) is 39.5 Å². The van der Waals surface area contributed by atoms with Gasteiger partial charge < -0.3 is 15.6 Å². The van der Waals surface area contributed by atoms with Crippen molar-refractivity contribution in [3.8, 4) is 5.69 Å². The summed E-state index contributed by atoms with van der Waals surface area (Å²) in [7, 11) is 0. The Labute approximate surface area is 197 Å². The first-order valence-electron chi connectivity index (χ1n) is 11.3. The molecule has 33 heavy (non-hydrogen) atoms. The first kappa shape index (κ1) is 22.9. The Kier molecular flexibility index (Phi) is 6.74. The fraction of sp³-hybridized carbons (Fsp3) is 0.360. The minimum absolute atomic E-state index is 0.0696. The van der Waals surface area contributed by atoms with Gasteiger partial charge in [-0.25, -0.2) is 0 Å². The average Bonchev–Trinajstić information content (AvgIpc) is 3.34.